The molecule has 104 valence electrons. The molecule has 19 heavy (non-hydrogen) atoms. The minimum Gasteiger partial charge on any atom is -0.337 e. The second kappa shape index (κ2) is 4.66. The number of rotatable bonds is 4. The van der Waals surface area contributed by atoms with Gasteiger partial charge in [0.2, 0.25) is 5.16 Å². The number of aromatic nitrogens is 4. The van der Waals surface area contributed by atoms with Gasteiger partial charge in [0, 0.05) is 12.4 Å². The first-order valence-corrected chi connectivity index (χ1v) is 6.37. The van der Waals surface area contributed by atoms with Crippen LogP contribution in [-0.2, 0) is 22.7 Å². The Morgan fingerprint density at radius 1 is 1.32 bits per heavy atom. The number of hydrogen-bond donors (Lipinski definition) is 3. The molecule has 0 bridgehead atoms. The normalized spacial score (nSPS) is 12.8. The van der Waals surface area contributed by atoms with Gasteiger partial charge in [-0.1, -0.05) is 0 Å². The van der Waals surface area contributed by atoms with Gasteiger partial charge in [-0.2, -0.15) is 13.2 Å². The summed E-state index contributed by atoms with van der Waals surface area (Å²) in [6.45, 7) is -0.404. The van der Waals surface area contributed by atoms with Gasteiger partial charge in [-0.05, 0) is 0 Å². The van der Waals surface area contributed by atoms with E-state index in [1.165, 1.54) is 12.4 Å². The third-order valence-electron chi connectivity index (χ3n) is 2.09. The molecule has 0 radical (unpaired) electrons. The van der Waals surface area contributed by atoms with Crippen LogP contribution in [-0.4, -0.2) is 28.4 Å². The Bertz CT molecular complexity index is 646. The van der Waals surface area contributed by atoms with Crippen molar-refractivity contribution in [3.8, 4) is 0 Å². The molecule has 0 amide bonds. The maximum Gasteiger partial charge on any atom is 0.432 e. The van der Waals surface area contributed by atoms with E-state index in [2.05, 4.69) is 19.7 Å². The second-order valence-corrected chi connectivity index (χ2v) is 5.14. The second-order valence-electron chi connectivity index (χ2n) is 3.46. The van der Waals surface area contributed by atoms with E-state index in [1.54, 1.807) is 0 Å². The molecule has 3 N–H and O–H groups in total. The van der Waals surface area contributed by atoms with Crippen LogP contribution >= 0.6 is 0 Å². The van der Waals surface area contributed by atoms with Crippen molar-refractivity contribution in [3.05, 3.63) is 30.1 Å². The van der Waals surface area contributed by atoms with Gasteiger partial charge in [0.25, 0.3) is 10.0 Å². The molecule has 2 aromatic heterocycles. The maximum atomic E-state index is 12.3. The molecule has 11 heteroatoms. The Kier molecular flexibility index (Phi) is 3.32. The lowest BCUT2D eigenvalue weighted by Crippen LogP contribution is -2.24. The topological polar surface area (TPSA) is 104 Å². The number of H-pyrrole nitrogens is 2. The van der Waals surface area contributed by atoms with Gasteiger partial charge in [0.15, 0.2) is 0 Å². The number of hydrogen-bond acceptors (Lipinski definition) is 4. The number of sulfonamides is 1. The van der Waals surface area contributed by atoms with Gasteiger partial charge >= 0.3 is 6.18 Å². The van der Waals surface area contributed by atoms with Crippen LogP contribution in [0.3, 0.4) is 0 Å². The lowest BCUT2D eigenvalue weighted by Gasteiger charge is -2.03. The minimum atomic E-state index is -4.55. The van der Waals surface area contributed by atoms with E-state index >= 15 is 0 Å². The van der Waals surface area contributed by atoms with Crippen molar-refractivity contribution in [2.45, 2.75) is 17.9 Å². The van der Waals surface area contributed by atoms with Crippen molar-refractivity contribution >= 4 is 10.0 Å². The van der Waals surface area contributed by atoms with E-state index in [0.29, 0.717) is 6.20 Å². The monoisotopic (exact) mass is 295 g/mol. The standard InChI is InChI=1S/C8H8F3N5O2S/c9-8(10,11)5-3-14-6(16-5)4-15-19(17,18)7-12-1-2-13-7/h1-3,15H,4H2,(H,12,13)(H,14,16). The van der Waals surface area contributed by atoms with Gasteiger partial charge in [-0.3, -0.25) is 0 Å². The van der Waals surface area contributed by atoms with Crippen LogP contribution in [0.1, 0.15) is 11.5 Å². The molecular weight excluding hydrogens is 287 g/mol. The summed E-state index contributed by atoms with van der Waals surface area (Å²) in [7, 11) is -3.90. The Morgan fingerprint density at radius 3 is 2.58 bits per heavy atom. The zero-order valence-corrected chi connectivity index (χ0v) is 10.0. The highest BCUT2D eigenvalue weighted by atomic mass is 32.2. The predicted molar refractivity (Wildman–Crippen MR) is 56.2 cm³/mol. The Morgan fingerprint density at radius 2 is 2.05 bits per heavy atom. The first-order chi connectivity index (χ1) is 8.79. The summed E-state index contributed by atoms with van der Waals surface area (Å²) in [5.74, 6) is -0.151. The fourth-order valence-electron chi connectivity index (χ4n) is 1.23. The highest BCUT2D eigenvalue weighted by Gasteiger charge is 2.33. The van der Waals surface area contributed by atoms with Crippen LogP contribution in [0, 0.1) is 0 Å². The molecule has 0 saturated heterocycles. The molecule has 0 aromatic carbocycles. The van der Waals surface area contributed by atoms with Crippen LogP contribution in [0.15, 0.2) is 23.7 Å². The fourth-order valence-corrected chi connectivity index (χ4v) is 2.11. The molecule has 0 aliphatic heterocycles. The third kappa shape index (κ3) is 3.12. The van der Waals surface area contributed by atoms with Gasteiger partial charge in [-0.15, -0.1) is 0 Å². The average molecular weight is 295 g/mol. The lowest BCUT2D eigenvalue weighted by atomic mass is 10.5. The molecule has 0 aliphatic rings. The number of nitrogens with zero attached hydrogens (tertiary/aromatic N) is 2. The Labute approximate surface area is 105 Å². The quantitative estimate of drug-likeness (QED) is 0.769. The van der Waals surface area contributed by atoms with E-state index in [0.717, 1.165) is 0 Å². The largest absolute Gasteiger partial charge is 0.432 e. The summed E-state index contributed by atoms with van der Waals surface area (Å²) < 4.78 is 62.1. The summed E-state index contributed by atoms with van der Waals surface area (Å²) in [4.78, 5) is 11.3. The van der Waals surface area contributed by atoms with Gasteiger partial charge < -0.3 is 9.97 Å². The van der Waals surface area contributed by atoms with Crippen molar-refractivity contribution in [1.29, 1.82) is 0 Å². The molecule has 0 atom stereocenters. The number of imidazole rings is 2. The summed E-state index contributed by atoms with van der Waals surface area (Å²) in [6, 6.07) is 0. The summed E-state index contributed by atoms with van der Waals surface area (Å²) in [5.41, 5.74) is -1.04. The summed E-state index contributed by atoms with van der Waals surface area (Å²) >= 11 is 0. The van der Waals surface area contributed by atoms with E-state index in [4.69, 9.17) is 0 Å². The van der Waals surface area contributed by atoms with E-state index in [9.17, 15) is 21.6 Å². The molecule has 0 aliphatic carbocycles. The zero-order chi connectivity index (χ0) is 14.1. The summed E-state index contributed by atoms with van der Waals surface area (Å²) in [5, 5.41) is -0.324. The van der Waals surface area contributed by atoms with Crippen molar-refractivity contribution < 1.29 is 21.6 Å². The predicted octanol–water partition coefficient (Wildman–Crippen LogP) is 0.630. The lowest BCUT2D eigenvalue weighted by molar-refractivity contribution is -0.140. The molecule has 0 unspecified atom stereocenters. The minimum absolute atomic E-state index is 0.151. The van der Waals surface area contributed by atoms with Crippen LogP contribution in [0.25, 0.3) is 0 Å². The highest BCUT2D eigenvalue weighted by Crippen LogP contribution is 2.27. The number of nitrogens with one attached hydrogen (secondary N) is 3. The molecule has 2 heterocycles. The highest BCUT2D eigenvalue weighted by molar-refractivity contribution is 7.89. The number of alkyl halides is 3. The van der Waals surface area contributed by atoms with Gasteiger partial charge in [-0.25, -0.2) is 23.1 Å². The Balaban J connectivity index is 2.06. The average Bonchev–Trinajstić information content (AvgIpc) is 2.97. The molecule has 0 fully saturated rings. The fraction of sp³-hybridized carbons (Fsp3) is 0.250. The van der Waals surface area contributed by atoms with E-state index in [1.807, 2.05) is 4.98 Å². The molecule has 2 rings (SSSR count). The summed E-state index contributed by atoms with van der Waals surface area (Å²) in [6.07, 6.45) is -1.41. The molecule has 2 aromatic rings. The first kappa shape index (κ1) is 13.5. The third-order valence-corrected chi connectivity index (χ3v) is 3.35. The molecular formula is C8H8F3N5O2S. The van der Waals surface area contributed by atoms with E-state index in [-0.39, 0.29) is 11.0 Å². The SMILES string of the molecule is O=S(=O)(NCc1ncc(C(F)(F)F)[nH]1)c1ncc[nH]1. The molecule has 0 saturated carbocycles. The maximum absolute atomic E-state index is 12.3. The van der Waals surface area contributed by atoms with Crippen LogP contribution in [0.5, 0.6) is 0 Å². The van der Waals surface area contributed by atoms with Crippen LogP contribution in [0.2, 0.25) is 0 Å². The number of halogens is 3. The van der Waals surface area contributed by atoms with Gasteiger partial charge in [0.1, 0.15) is 11.5 Å². The van der Waals surface area contributed by atoms with Crippen LogP contribution in [0.4, 0.5) is 13.2 Å². The zero-order valence-electron chi connectivity index (χ0n) is 9.19. The molecule has 0 spiro atoms. The van der Waals surface area contributed by atoms with Crippen LogP contribution < -0.4 is 4.72 Å². The number of aromatic amines is 2. The van der Waals surface area contributed by atoms with Crippen molar-refractivity contribution in [1.82, 2.24) is 24.7 Å². The Hall–Kier alpha value is -1.88. The smallest absolute Gasteiger partial charge is 0.337 e. The van der Waals surface area contributed by atoms with Crippen molar-refractivity contribution in [2.75, 3.05) is 0 Å². The van der Waals surface area contributed by atoms with Crippen molar-refractivity contribution in [2.24, 2.45) is 0 Å². The van der Waals surface area contributed by atoms with E-state index < -0.39 is 28.4 Å². The molecule has 7 nitrogen and oxygen atoms in total. The first-order valence-electron chi connectivity index (χ1n) is 4.89. The van der Waals surface area contributed by atoms with Gasteiger partial charge in [0.05, 0.1) is 12.7 Å². The van der Waals surface area contributed by atoms with Crippen molar-refractivity contribution in [3.63, 3.8) is 0 Å².